The molecular weight excluding hydrogens is 463 g/mol. The molecule has 0 radical (unpaired) electrons. The molecular formula is C33H28FOS+. The van der Waals surface area contributed by atoms with Crippen molar-refractivity contribution in [2.75, 3.05) is 0 Å². The van der Waals surface area contributed by atoms with Gasteiger partial charge in [-0.05, 0) is 84.5 Å². The number of rotatable bonds is 6. The smallest absolute Gasteiger partial charge is 0.170 e. The van der Waals surface area contributed by atoms with Gasteiger partial charge in [-0.15, -0.1) is 0 Å². The molecule has 36 heavy (non-hydrogen) atoms. The SMILES string of the molecule is Fc1cc([S+](c2ccccc2)c2ccccc2)ccc1OC1(c2ccc3ccccc3c2)CCCC1. The fraction of sp³-hybridized carbons (Fsp3) is 0.152. The molecule has 0 bridgehead atoms. The lowest BCUT2D eigenvalue weighted by atomic mass is 9.90. The quantitative estimate of drug-likeness (QED) is 0.215. The molecule has 1 aliphatic carbocycles. The summed E-state index contributed by atoms with van der Waals surface area (Å²) >= 11 is 0. The summed E-state index contributed by atoms with van der Waals surface area (Å²) in [5.74, 6) is 0.0300. The fourth-order valence-corrected chi connectivity index (χ4v) is 7.39. The molecule has 1 aliphatic rings. The van der Waals surface area contributed by atoms with Gasteiger partial charge in [0, 0.05) is 6.07 Å². The van der Waals surface area contributed by atoms with Gasteiger partial charge in [0.05, 0.1) is 10.9 Å². The van der Waals surface area contributed by atoms with Gasteiger partial charge in [0.1, 0.15) is 5.60 Å². The third-order valence-corrected chi connectivity index (χ3v) is 9.30. The van der Waals surface area contributed by atoms with Crippen molar-refractivity contribution >= 4 is 21.7 Å². The van der Waals surface area contributed by atoms with E-state index in [1.807, 2.05) is 48.5 Å². The van der Waals surface area contributed by atoms with Crippen LogP contribution in [0.2, 0.25) is 0 Å². The largest absolute Gasteiger partial charge is 0.479 e. The van der Waals surface area contributed by atoms with Crippen molar-refractivity contribution in [1.82, 2.24) is 0 Å². The van der Waals surface area contributed by atoms with E-state index in [0.717, 1.165) is 36.1 Å². The molecule has 1 fully saturated rings. The van der Waals surface area contributed by atoms with E-state index in [0.29, 0.717) is 5.75 Å². The molecule has 0 aromatic heterocycles. The minimum absolute atomic E-state index is 0.302. The van der Waals surface area contributed by atoms with Crippen LogP contribution in [0.15, 0.2) is 136 Å². The molecule has 0 spiro atoms. The number of ether oxygens (including phenoxy) is 1. The van der Waals surface area contributed by atoms with Crippen LogP contribution in [-0.2, 0) is 16.5 Å². The van der Waals surface area contributed by atoms with Crippen molar-refractivity contribution in [2.24, 2.45) is 0 Å². The molecule has 0 amide bonds. The van der Waals surface area contributed by atoms with Crippen LogP contribution in [0.25, 0.3) is 10.8 Å². The van der Waals surface area contributed by atoms with Crippen molar-refractivity contribution in [2.45, 2.75) is 46.0 Å². The van der Waals surface area contributed by atoms with E-state index in [2.05, 4.69) is 66.7 Å². The third-order valence-electron chi connectivity index (χ3n) is 7.09. The van der Waals surface area contributed by atoms with E-state index >= 15 is 4.39 Å². The van der Waals surface area contributed by atoms with Gasteiger partial charge in [0.25, 0.3) is 0 Å². The lowest BCUT2D eigenvalue weighted by Crippen LogP contribution is -2.30. The zero-order valence-electron chi connectivity index (χ0n) is 20.1. The Morgan fingerprint density at radius 3 is 1.83 bits per heavy atom. The molecule has 0 aliphatic heterocycles. The molecule has 0 unspecified atom stereocenters. The average molecular weight is 492 g/mol. The number of benzene rings is 5. The first kappa shape index (κ1) is 22.9. The van der Waals surface area contributed by atoms with Gasteiger partial charge in [-0.2, -0.15) is 0 Å². The molecule has 0 atom stereocenters. The second kappa shape index (κ2) is 9.83. The number of hydrogen-bond donors (Lipinski definition) is 0. The monoisotopic (exact) mass is 491 g/mol. The Morgan fingerprint density at radius 2 is 1.19 bits per heavy atom. The molecule has 0 N–H and O–H groups in total. The first-order valence-corrected chi connectivity index (χ1v) is 13.8. The number of fused-ring (bicyclic) bond motifs is 1. The summed E-state index contributed by atoms with van der Waals surface area (Å²) in [6.45, 7) is 0. The lowest BCUT2D eigenvalue weighted by molar-refractivity contribution is 0.0690. The number of halogens is 1. The van der Waals surface area contributed by atoms with Crippen LogP contribution in [0.4, 0.5) is 4.39 Å². The average Bonchev–Trinajstić information content (AvgIpc) is 3.41. The van der Waals surface area contributed by atoms with Crippen molar-refractivity contribution in [3.8, 4) is 5.75 Å². The summed E-state index contributed by atoms with van der Waals surface area (Å²) < 4.78 is 22.3. The Balaban J connectivity index is 1.36. The highest BCUT2D eigenvalue weighted by Crippen LogP contribution is 2.44. The van der Waals surface area contributed by atoms with Gasteiger partial charge in [-0.3, -0.25) is 0 Å². The van der Waals surface area contributed by atoms with E-state index in [-0.39, 0.29) is 5.82 Å². The van der Waals surface area contributed by atoms with E-state index in [1.165, 1.54) is 20.6 Å². The highest BCUT2D eigenvalue weighted by molar-refractivity contribution is 7.97. The first-order valence-electron chi connectivity index (χ1n) is 12.5. The molecule has 1 nitrogen and oxygen atoms in total. The van der Waals surface area contributed by atoms with E-state index in [1.54, 1.807) is 6.07 Å². The maximum Gasteiger partial charge on any atom is 0.170 e. The summed E-state index contributed by atoms with van der Waals surface area (Å²) in [6.07, 6.45) is 3.95. The maximum absolute atomic E-state index is 15.7. The van der Waals surface area contributed by atoms with Gasteiger partial charge in [0.2, 0.25) is 0 Å². The maximum atomic E-state index is 15.7. The van der Waals surface area contributed by atoms with Gasteiger partial charge in [-0.25, -0.2) is 4.39 Å². The number of hydrogen-bond acceptors (Lipinski definition) is 1. The first-order chi connectivity index (χ1) is 17.7. The van der Waals surface area contributed by atoms with Gasteiger partial charge >= 0.3 is 0 Å². The van der Waals surface area contributed by atoms with Gasteiger partial charge in [-0.1, -0.05) is 72.8 Å². The second-order valence-electron chi connectivity index (χ2n) is 9.39. The van der Waals surface area contributed by atoms with Crippen molar-refractivity contribution in [3.05, 3.63) is 133 Å². The molecule has 3 heteroatoms. The Bertz CT molecular complexity index is 1440. The van der Waals surface area contributed by atoms with Crippen LogP contribution in [0.5, 0.6) is 5.75 Å². The van der Waals surface area contributed by atoms with Crippen molar-refractivity contribution < 1.29 is 9.13 Å². The second-order valence-corrected chi connectivity index (χ2v) is 11.4. The van der Waals surface area contributed by atoms with Gasteiger partial charge < -0.3 is 4.74 Å². The molecule has 0 saturated heterocycles. The Kier molecular flexibility index (Phi) is 6.25. The van der Waals surface area contributed by atoms with Crippen LogP contribution in [0.1, 0.15) is 31.2 Å². The van der Waals surface area contributed by atoms with Crippen LogP contribution < -0.4 is 4.74 Å². The highest BCUT2D eigenvalue weighted by atomic mass is 32.2. The summed E-state index contributed by atoms with van der Waals surface area (Å²) in [4.78, 5) is 3.28. The van der Waals surface area contributed by atoms with Crippen LogP contribution >= 0.6 is 0 Å². The van der Waals surface area contributed by atoms with Crippen LogP contribution in [-0.4, -0.2) is 0 Å². The molecule has 1 saturated carbocycles. The van der Waals surface area contributed by atoms with E-state index in [9.17, 15) is 0 Å². The molecule has 5 aromatic rings. The van der Waals surface area contributed by atoms with E-state index in [4.69, 9.17) is 4.74 Å². The molecule has 5 aromatic carbocycles. The third kappa shape index (κ3) is 4.40. The molecule has 178 valence electrons. The van der Waals surface area contributed by atoms with Gasteiger partial charge in [0.15, 0.2) is 26.3 Å². The normalized spacial score (nSPS) is 14.8. The summed E-state index contributed by atoms with van der Waals surface area (Å²) in [7, 11) is -0.395. The summed E-state index contributed by atoms with van der Waals surface area (Å²) in [6, 6.07) is 41.1. The molecule has 6 rings (SSSR count). The van der Waals surface area contributed by atoms with Crippen LogP contribution in [0, 0.1) is 5.82 Å². The highest BCUT2D eigenvalue weighted by Gasteiger charge is 2.39. The van der Waals surface area contributed by atoms with Crippen LogP contribution in [0.3, 0.4) is 0 Å². The van der Waals surface area contributed by atoms with Crippen molar-refractivity contribution in [1.29, 1.82) is 0 Å². The Morgan fingerprint density at radius 1 is 0.583 bits per heavy atom. The minimum Gasteiger partial charge on any atom is -0.479 e. The standard InChI is InChI=1S/C33H28FOS/c34-31-24-30(36(28-13-3-1-4-14-28)29-15-5-2-6-16-29)19-20-32(31)35-33(21-9-10-22-33)27-18-17-25-11-7-8-12-26(25)23-27/h1-8,11-20,23-24H,9-10,21-22H2/q+1. The predicted octanol–water partition coefficient (Wildman–Crippen LogP) is 8.92. The van der Waals surface area contributed by atoms with E-state index < -0.39 is 16.5 Å². The zero-order valence-corrected chi connectivity index (χ0v) is 20.9. The topological polar surface area (TPSA) is 9.23 Å². The van der Waals surface area contributed by atoms with Crippen molar-refractivity contribution in [3.63, 3.8) is 0 Å². The summed E-state index contributed by atoms with van der Waals surface area (Å²) in [5, 5.41) is 2.40. The fourth-order valence-electron chi connectivity index (χ4n) is 5.29. The Hall–Kier alpha value is -3.56. The predicted molar refractivity (Wildman–Crippen MR) is 146 cm³/mol. The zero-order chi connectivity index (χ0) is 24.4. The molecule has 0 heterocycles. The lowest BCUT2D eigenvalue weighted by Gasteiger charge is -2.31. The summed E-state index contributed by atoms with van der Waals surface area (Å²) in [5.41, 5.74) is 0.642. The minimum atomic E-state index is -0.493. The Labute approximate surface area is 214 Å².